The minimum atomic E-state index is -1.44. The molecule has 1 atom stereocenters. The third kappa shape index (κ3) is 5.27. The van der Waals surface area contributed by atoms with Crippen molar-refractivity contribution in [2.24, 2.45) is 0 Å². The second kappa shape index (κ2) is 8.16. The lowest BCUT2D eigenvalue weighted by molar-refractivity contribution is -0.147. The van der Waals surface area contributed by atoms with Crippen LogP contribution in [0.15, 0.2) is 24.3 Å². The van der Waals surface area contributed by atoms with Gasteiger partial charge in [0.25, 0.3) is 0 Å². The van der Waals surface area contributed by atoms with Gasteiger partial charge in [0.15, 0.2) is 6.10 Å². The van der Waals surface area contributed by atoms with Crippen molar-refractivity contribution in [3.05, 3.63) is 29.8 Å². The fourth-order valence-electron chi connectivity index (χ4n) is 1.72. The van der Waals surface area contributed by atoms with E-state index in [9.17, 15) is 9.59 Å². The van der Waals surface area contributed by atoms with E-state index in [2.05, 4.69) is 5.32 Å². The summed E-state index contributed by atoms with van der Waals surface area (Å²) in [5, 5.41) is 20.1. The summed E-state index contributed by atoms with van der Waals surface area (Å²) in [5.74, 6) is -0.733. The van der Waals surface area contributed by atoms with Gasteiger partial charge in [-0.1, -0.05) is 18.2 Å². The first-order valence-corrected chi connectivity index (χ1v) is 6.34. The van der Waals surface area contributed by atoms with Gasteiger partial charge in [0, 0.05) is 19.4 Å². The van der Waals surface area contributed by atoms with Crippen molar-refractivity contribution in [2.45, 2.75) is 25.4 Å². The third-order valence-corrected chi connectivity index (χ3v) is 2.84. The van der Waals surface area contributed by atoms with Gasteiger partial charge in [-0.25, -0.2) is 4.79 Å². The van der Waals surface area contributed by atoms with Crippen LogP contribution in [0.3, 0.4) is 0 Å². The van der Waals surface area contributed by atoms with Crippen LogP contribution in [0.2, 0.25) is 0 Å². The molecule has 0 radical (unpaired) electrons. The van der Waals surface area contributed by atoms with Crippen molar-refractivity contribution >= 4 is 11.9 Å². The van der Waals surface area contributed by atoms with Crippen LogP contribution in [0.5, 0.6) is 5.75 Å². The van der Waals surface area contributed by atoms with Crippen LogP contribution < -0.4 is 10.1 Å². The molecule has 1 unspecified atom stereocenters. The largest absolute Gasteiger partial charge is 0.496 e. The molecule has 1 rings (SSSR count). The molecular formula is C14H19NO5. The van der Waals surface area contributed by atoms with Gasteiger partial charge in [0.05, 0.1) is 7.11 Å². The van der Waals surface area contributed by atoms with Crippen molar-refractivity contribution < 1.29 is 24.5 Å². The van der Waals surface area contributed by atoms with Gasteiger partial charge in [-0.2, -0.15) is 0 Å². The van der Waals surface area contributed by atoms with E-state index < -0.39 is 12.1 Å². The molecule has 1 aromatic rings. The van der Waals surface area contributed by atoms with Crippen LogP contribution in [0.25, 0.3) is 0 Å². The predicted octanol–water partition coefficient (Wildman–Crippen LogP) is 0.580. The number of hydrogen-bond donors (Lipinski definition) is 3. The minimum Gasteiger partial charge on any atom is -0.496 e. The third-order valence-electron chi connectivity index (χ3n) is 2.84. The van der Waals surface area contributed by atoms with E-state index in [1.165, 1.54) is 0 Å². The molecule has 0 aromatic heterocycles. The fourth-order valence-corrected chi connectivity index (χ4v) is 1.72. The Labute approximate surface area is 117 Å². The lowest BCUT2D eigenvalue weighted by Gasteiger charge is -2.09. The molecule has 1 aromatic carbocycles. The molecule has 0 saturated heterocycles. The van der Waals surface area contributed by atoms with Crippen LogP contribution in [0.4, 0.5) is 0 Å². The van der Waals surface area contributed by atoms with Crippen molar-refractivity contribution in [3.8, 4) is 5.75 Å². The monoisotopic (exact) mass is 281 g/mol. The molecule has 0 spiro atoms. The Kier molecular flexibility index (Phi) is 6.52. The molecular weight excluding hydrogens is 262 g/mol. The number of carboxylic acids is 1. The summed E-state index contributed by atoms with van der Waals surface area (Å²) < 4.78 is 5.19. The second-order valence-electron chi connectivity index (χ2n) is 4.30. The number of nitrogens with one attached hydrogen (secondary N) is 1. The Balaban J connectivity index is 2.31. The molecule has 0 heterocycles. The number of carbonyl (C=O) groups excluding carboxylic acids is 1. The van der Waals surface area contributed by atoms with Gasteiger partial charge in [-0.05, 0) is 18.1 Å². The summed E-state index contributed by atoms with van der Waals surface area (Å²) in [4.78, 5) is 22.0. The maximum absolute atomic E-state index is 11.6. The maximum atomic E-state index is 11.6. The first-order chi connectivity index (χ1) is 9.54. The van der Waals surface area contributed by atoms with E-state index >= 15 is 0 Å². The van der Waals surface area contributed by atoms with E-state index in [4.69, 9.17) is 14.9 Å². The van der Waals surface area contributed by atoms with Gasteiger partial charge in [-0.3, -0.25) is 4.79 Å². The Morgan fingerprint density at radius 3 is 2.70 bits per heavy atom. The van der Waals surface area contributed by atoms with Crippen molar-refractivity contribution in [1.82, 2.24) is 5.32 Å². The smallest absolute Gasteiger partial charge is 0.332 e. The SMILES string of the molecule is COc1ccccc1CCC(=O)NCCC(O)C(=O)O. The van der Waals surface area contributed by atoms with Crippen LogP contribution in [-0.4, -0.2) is 41.8 Å². The summed E-state index contributed by atoms with van der Waals surface area (Å²) in [5.41, 5.74) is 0.940. The second-order valence-corrected chi connectivity index (χ2v) is 4.30. The Hall–Kier alpha value is -2.08. The lowest BCUT2D eigenvalue weighted by atomic mass is 10.1. The minimum absolute atomic E-state index is 0.00423. The molecule has 6 nitrogen and oxygen atoms in total. The topological polar surface area (TPSA) is 95.9 Å². The molecule has 0 bridgehead atoms. The average molecular weight is 281 g/mol. The number of rotatable bonds is 8. The highest BCUT2D eigenvalue weighted by molar-refractivity contribution is 5.76. The molecule has 0 aliphatic carbocycles. The average Bonchev–Trinajstić information content (AvgIpc) is 2.45. The number of benzene rings is 1. The van der Waals surface area contributed by atoms with Gasteiger partial charge in [0.2, 0.25) is 5.91 Å². The molecule has 20 heavy (non-hydrogen) atoms. The molecule has 110 valence electrons. The molecule has 0 aliphatic heterocycles. The highest BCUT2D eigenvalue weighted by Crippen LogP contribution is 2.18. The molecule has 1 amide bonds. The van der Waals surface area contributed by atoms with Gasteiger partial charge < -0.3 is 20.3 Å². The molecule has 0 saturated carbocycles. The highest BCUT2D eigenvalue weighted by atomic mass is 16.5. The Bertz CT molecular complexity index is 461. The Morgan fingerprint density at radius 2 is 2.05 bits per heavy atom. The number of aliphatic hydroxyl groups is 1. The number of carbonyl (C=O) groups is 2. The first-order valence-electron chi connectivity index (χ1n) is 6.34. The number of aliphatic carboxylic acids is 1. The van der Waals surface area contributed by atoms with Gasteiger partial charge >= 0.3 is 5.97 Å². The van der Waals surface area contributed by atoms with E-state index in [0.29, 0.717) is 6.42 Å². The van der Waals surface area contributed by atoms with Crippen molar-refractivity contribution in [1.29, 1.82) is 0 Å². The van der Waals surface area contributed by atoms with E-state index in [0.717, 1.165) is 11.3 Å². The summed E-state index contributed by atoms with van der Waals surface area (Å²) in [6.07, 6.45) is -0.624. The number of aryl methyl sites for hydroxylation is 1. The van der Waals surface area contributed by atoms with E-state index in [1.807, 2.05) is 24.3 Å². The molecule has 0 fully saturated rings. The van der Waals surface area contributed by atoms with E-state index in [-0.39, 0.29) is 25.3 Å². The zero-order valence-corrected chi connectivity index (χ0v) is 11.3. The number of aliphatic hydroxyl groups excluding tert-OH is 1. The van der Waals surface area contributed by atoms with Crippen LogP contribution >= 0.6 is 0 Å². The summed E-state index contributed by atoms with van der Waals surface area (Å²) in [7, 11) is 1.58. The number of carboxylic acid groups (broad SMARTS) is 1. The Morgan fingerprint density at radius 1 is 1.35 bits per heavy atom. The first kappa shape index (κ1) is 16.0. The molecule has 3 N–H and O–H groups in total. The van der Waals surface area contributed by atoms with Crippen LogP contribution in [-0.2, 0) is 16.0 Å². The highest BCUT2D eigenvalue weighted by Gasteiger charge is 2.13. The van der Waals surface area contributed by atoms with Crippen LogP contribution in [0.1, 0.15) is 18.4 Å². The van der Waals surface area contributed by atoms with Gasteiger partial charge in [-0.15, -0.1) is 0 Å². The lowest BCUT2D eigenvalue weighted by Crippen LogP contribution is -2.30. The van der Waals surface area contributed by atoms with Crippen LogP contribution in [0, 0.1) is 0 Å². The number of methoxy groups -OCH3 is 1. The van der Waals surface area contributed by atoms with E-state index in [1.54, 1.807) is 7.11 Å². The normalized spacial score (nSPS) is 11.7. The maximum Gasteiger partial charge on any atom is 0.332 e. The summed E-state index contributed by atoms with van der Waals surface area (Å²) in [6, 6.07) is 7.45. The predicted molar refractivity (Wildman–Crippen MR) is 72.6 cm³/mol. The van der Waals surface area contributed by atoms with Gasteiger partial charge in [0.1, 0.15) is 5.75 Å². The summed E-state index contributed by atoms with van der Waals surface area (Å²) in [6.45, 7) is 0.137. The van der Waals surface area contributed by atoms with Crippen molar-refractivity contribution in [2.75, 3.05) is 13.7 Å². The summed E-state index contributed by atoms with van der Waals surface area (Å²) >= 11 is 0. The molecule has 6 heteroatoms. The molecule has 0 aliphatic rings. The fraction of sp³-hybridized carbons (Fsp3) is 0.429. The van der Waals surface area contributed by atoms with Crippen molar-refractivity contribution in [3.63, 3.8) is 0 Å². The standard InChI is InChI=1S/C14H19NO5/c1-20-12-5-3-2-4-10(12)6-7-13(17)15-9-8-11(16)14(18)19/h2-5,11,16H,6-9H2,1H3,(H,15,17)(H,18,19). The number of amides is 1. The zero-order chi connectivity index (χ0) is 15.0. The number of hydrogen-bond acceptors (Lipinski definition) is 4. The number of para-hydroxylation sites is 1. The number of ether oxygens (including phenoxy) is 1. The zero-order valence-electron chi connectivity index (χ0n) is 11.3. The quantitative estimate of drug-likeness (QED) is 0.648.